The number of ether oxygens (including phenoxy) is 1. The van der Waals surface area contributed by atoms with E-state index >= 15 is 0 Å². The maximum Gasteiger partial charge on any atom is 0.305 e. The van der Waals surface area contributed by atoms with Gasteiger partial charge in [-0.25, -0.2) is 0 Å². The molecule has 0 spiro atoms. The van der Waals surface area contributed by atoms with Crippen molar-refractivity contribution in [3.05, 3.63) is 24.3 Å². The fourth-order valence-electron chi connectivity index (χ4n) is 9.34. The molecule has 0 aliphatic rings. The molecule has 0 saturated carbocycles. The van der Waals surface area contributed by atoms with E-state index in [2.05, 4.69) is 31.3 Å². The highest BCUT2D eigenvalue weighted by Gasteiger charge is 2.18. The van der Waals surface area contributed by atoms with E-state index < -0.39 is 12.1 Å². The third-order valence-corrected chi connectivity index (χ3v) is 14.0. The number of hydrogen-bond acceptors (Lipinski definition) is 5. The van der Waals surface area contributed by atoms with Gasteiger partial charge in [-0.3, -0.25) is 9.59 Å². The Labute approximate surface area is 418 Å². The third kappa shape index (κ3) is 53.5. The van der Waals surface area contributed by atoms with Crippen molar-refractivity contribution in [2.24, 2.45) is 0 Å². The van der Waals surface area contributed by atoms with Crippen LogP contribution in [0.15, 0.2) is 24.3 Å². The number of carbonyl (C=O) groups excluding carboxylic acids is 2. The van der Waals surface area contributed by atoms with Gasteiger partial charge >= 0.3 is 5.97 Å². The Balaban J connectivity index is 3.41. The quantitative estimate of drug-likeness (QED) is 0.0321. The van der Waals surface area contributed by atoms with E-state index in [1.54, 1.807) is 6.08 Å². The molecular formula is C61H117NO5. The summed E-state index contributed by atoms with van der Waals surface area (Å²) in [5.41, 5.74) is 0. The average molecular weight is 945 g/mol. The van der Waals surface area contributed by atoms with Crippen LogP contribution in [0.5, 0.6) is 0 Å². The number of carbonyl (C=O) groups is 2. The molecule has 0 fully saturated rings. The zero-order valence-corrected chi connectivity index (χ0v) is 45.1. The minimum Gasteiger partial charge on any atom is -0.466 e. The van der Waals surface area contributed by atoms with Crippen molar-refractivity contribution in [3.63, 3.8) is 0 Å². The van der Waals surface area contributed by atoms with Crippen molar-refractivity contribution in [3.8, 4) is 0 Å². The average Bonchev–Trinajstić information content (AvgIpc) is 3.33. The van der Waals surface area contributed by atoms with E-state index in [1.807, 2.05) is 6.08 Å². The molecule has 0 saturated heterocycles. The maximum atomic E-state index is 12.5. The smallest absolute Gasteiger partial charge is 0.305 e. The molecule has 0 aliphatic heterocycles. The van der Waals surface area contributed by atoms with Gasteiger partial charge in [0.1, 0.15) is 0 Å². The van der Waals surface area contributed by atoms with Gasteiger partial charge in [0.2, 0.25) is 5.91 Å². The lowest BCUT2D eigenvalue weighted by Crippen LogP contribution is -2.45. The normalized spacial score (nSPS) is 12.7. The molecule has 0 aromatic heterocycles. The SMILES string of the molecule is CCCCCC/C=C\CCCCCCCC(=O)OCCCCCCCCCCCCCCCCCCCCCCCC(=O)NC(CO)C(O)/C=C/CCCCCCCCCCCCCCCC. The van der Waals surface area contributed by atoms with Gasteiger partial charge in [-0.1, -0.05) is 282 Å². The first kappa shape index (κ1) is 65.3. The Morgan fingerprint density at radius 2 is 0.701 bits per heavy atom. The van der Waals surface area contributed by atoms with Gasteiger partial charge in [0.05, 0.1) is 25.4 Å². The number of nitrogens with one attached hydrogen (secondary N) is 1. The minimum absolute atomic E-state index is 0.00232. The van der Waals surface area contributed by atoms with Crippen LogP contribution >= 0.6 is 0 Å². The summed E-state index contributed by atoms with van der Waals surface area (Å²) in [4.78, 5) is 24.5. The zero-order valence-electron chi connectivity index (χ0n) is 45.1. The van der Waals surface area contributed by atoms with E-state index in [0.29, 0.717) is 19.4 Å². The number of aliphatic hydroxyl groups is 2. The molecule has 67 heavy (non-hydrogen) atoms. The molecule has 0 radical (unpaired) electrons. The molecule has 396 valence electrons. The van der Waals surface area contributed by atoms with Crippen LogP contribution in [-0.2, 0) is 14.3 Å². The monoisotopic (exact) mass is 944 g/mol. The summed E-state index contributed by atoms with van der Waals surface area (Å²) in [5.74, 6) is -0.0649. The summed E-state index contributed by atoms with van der Waals surface area (Å²) in [7, 11) is 0. The predicted octanol–water partition coefficient (Wildman–Crippen LogP) is 18.6. The number of aliphatic hydroxyl groups excluding tert-OH is 2. The Morgan fingerprint density at radius 3 is 1.07 bits per heavy atom. The zero-order chi connectivity index (χ0) is 48.6. The molecule has 0 aliphatic carbocycles. The van der Waals surface area contributed by atoms with Crippen molar-refractivity contribution < 1.29 is 24.5 Å². The first-order valence-corrected chi connectivity index (χ1v) is 30.1. The largest absolute Gasteiger partial charge is 0.466 e. The highest BCUT2D eigenvalue weighted by atomic mass is 16.5. The third-order valence-electron chi connectivity index (χ3n) is 14.0. The second-order valence-corrected chi connectivity index (χ2v) is 20.7. The van der Waals surface area contributed by atoms with Gasteiger partial charge in [-0.05, 0) is 57.8 Å². The van der Waals surface area contributed by atoms with Crippen molar-refractivity contribution in [2.45, 2.75) is 341 Å². The lowest BCUT2D eigenvalue weighted by molar-refractivity contribution is -0.143. The van der Waals surface area contributed by atoms with Crippen molar-refractivity contribution in [1.29, 1.82) is 0 Å². The molecule has 0 aromatic rings. The van der Waals surface area contributed by atoms with E-state index in [0.717, 1.165) is 44.9 Å². The highest BCUT2D eigenvalue weighted by Crippen LogP contribution is 2.17. The topological polar surface area (TPSA) is 95.9 Å². The van der Waals surface area contributed by atoms with Crippen LogP contribution in [0.3, 0.4) is 0 Å². The van der Waals surface area contributed by atoms with Crippen LogP contribution in [0, 0.1) is 0 Å². The van der Waals surface area contributed by atoms with Gasteiger partial charge in [0.25, 0.3) is 0 Å². The van der Waals surface area contributed by atoms with E-state index in [9.17, 15) is 19.8 Å². The molecule has 2 unspecified atom stereocenters. The first-order chi connectivity index (χ1) is 33.0. The predicted molar refractivity (Wildman–Crippen MR) is 292 cm³/mol. The first-order valence-electron chi connectivity index (χ1n) is 30.1. The Kier molecular flexibility index (Phi) is 55.5. The van der Waals surface area contributed by atoms with Crippen LogP contribution in [0.2, 0.25) is 0 Å². The fraction of sp³-hybridized carbons (Fsp3) is 0.902. The van der Waals surface area contributed by atoms with Gasteiger partial charge in [-0.15, -0.1) is 0 Å². The summed E-state index contributed by atoms with van der Waals surface area (Å²) in [5, 5.41) is 23.1. The number of amides is 1. The molecule has 6 heteroatoms. The van der Waals surface area contributed by atoms with E-state index in [4.69, 9.17) is 4.74 Å². The van der Waals surface area contributed by atoms with E-state index in [1.165, 1.54) is 257 Å². The standard InChI is InChI=1S/C61H117NO5/c1-3-5-7-9-11-13-15-17-18-26-30-33-37-41-45-49-53-59(64)58(57-63)62-60(65)54-50-46-42-38-34-31-27-24-22-20-19-21-23-25-28-32-36-40-44-48-52-56-67-61(66)55-51-47-43-39-35-29-16-14-12-10-8-6-4-2/h14,16,49,53,58-59,63-64H,3-13,15,17-48,50-52,54-57H2,1-2H3,(H,62,65)/b16-14-,53-49+. The molecule has 1 amide bonds. The summed E-state index contributed by atoms with van der Waals surface area (Å²) in [6.07, 6.45) is 69.2. The van der Waals surface area contributed by atoms with Crippen LogP contribution in [0.1, 0.15) is 328 Å². The number of esters is 1. The molecule has 0 bridgehead atoms. The molecule has 2 atom stereocenters. The number of allylic oxidation sites excluding steroid dienone is 3. The lowest BCUT2D eigenvalue weighted by Gasteiger charge is -2.20. The molecule has 3 N–H and O–H groups in total. The fourth-order valence-corrected chi connectivity index (χ4v) is 9.34. The van der Waals surface area contributed by atoms with Crippen LogP contribution < -0.4 is 5.32 Å². The van der Waals surface area contributed by atoms with Crippen LogP contribution in [0.4, 0.5) is 0 Å². The Bertz CT molecular complexity index is 1040. The van der Waals surface area contributed by atoms with Gasteiger partial charge in [-0.2, -0.15) is 0 Å². The number of rotatable bonds is 56. The summed E-state index contributed by atoms with van der Waals surface area (Å²) in [6.45, 7) is 4.90. The highest BCUT2D eigenvalue weighted by molar-refractivity contribution is 5.76. The second kappa shape index (κ2) is 56.9. The molecule has 0 rings (SSSR count). The summed E-state index contributed by atoms with van der Waals surface area (Å²) in [6, 6.07) is -0.628. The second-order valence-electron chi connectivity index (χ2n) is 20.7. The molecule has 0 aromatic carbocycles. The Morgan fingerprint density at radius 1 is 0.403 bits per heavy atom. The molecular weight excluding hydrogens is 827 g/mol. The van der Waals surface area contributed by atoms with Gasteiger partial charge < -0.3 is 20.3 Å². The molecule has 6 nitrogen and oxygen atoms in total. The maximum absolute atomic E-state index is 12.5. The van der Waals surface area contributed by atoms with Crippen LogP contribution in [0.25, 0.3) is 0 Å². The molecule has 0 heterocycles. The summed E-state index contributed by atoms with van der Waals surface area (Å²) >= 11 is 0. The number of hydrogen-bond donors (Lipinski definition) is 3. The minimum atomic E-state index is -0.845. The van der Waals surface area contributed by atoms with Gasteiger partial charge in [0, 0.05) is 12.8 Å². The van der Waals surface area contributed by atoms with Crippen molar-refractivity contribution in [2.75, 3.05) is 13.2 Å². The Hall–Kier alpha value is -1.66. The van der Waals surface area contributed by atoms with E-state index in [-0.39, 0.29) is 18.5 Å². The lowest BCUT2D eigenvalue weighted by atomic mass is 10.0. The van der Waals surface area contributed by atoms with Crippen molar-refractivity contribution >= 4 is 11.9 Å². The van der Waals surface area contributed by atoms with Crippen molar-refractivity contribution in [1.82, 2.24) is 5.32 Å². The van der Waals surface area contributed by atoms with Gasteiger partial charge in [0.15, 0.2) is 0 Å². The summed E-state index contributed by atoms with van der Waals surface area (Å²) < 4.78 is 5.47. The number of unbranched alkanes of at least 4 members (excludes halogenated alkanes) is 43. The van der Waals surface area contributed by atoms with Crippen LogP contribution in [-0.4, -0.2) is 47.4 Å².